The van der Waals surface area contributed by atoms with E-state index in [1.807, 2.05) is 12.1 Å². The zero-order valence-corrected chi connectivity index (χ0v) is 12.3. The minimum Gasteiger partial charge on any atom is -0.490 e. The van der Waals surface area contributed by atoms with Crippen molar-refractivity contribution < 1.29 is 14.2 Å². The molecule has 0 heterocycles. The Hall–Kier alpha value is -1.39. The summed E-state index contributed by atoms with van der Waals surface area (Å²) in [5.41, 5.74) is 0.915. The zero-order valence-electron chi connectivity index (χ0n) is 10.7. The summed E-state index contributed by atoms with van der Waals surface area (Å²) in [5, 5.41) is 10.3. The molecular weight excluding hydrogens is 323 g/mol. The SMILES string of the molecule is OC(c1ccc(OC2CC2)cc1)c1ccc(Br)cc1F. The second-order valence-electron chi connectivity index (χ2n) is 4.95. The Bertz CT molecular complexity index is 608. The molecule has 0 radical (unpaired) electrons. The molecule has 2 aromatic carbocycles. The minimum absolute atomic E-state index is 0.268. The highest BCUT2D eigenvalue weighted by Crippen LogP contribution is 2.30. The van der Waals surface area contributed by atoms with E-state index >= 15 is 0 Å². The van der Waals surface area contributed by atoms with Crippen LogP contribution in [0.4, 0.5) is 4.39 Å². The van der Waals surface area contributed by atoms with Crippen molar-refractivity contribution >= 4 is 15.9 Å². The number of aliphatic hydroxyl groups excluding tert-OH is 1. The van der Waals surface area contributed by atoms with Gasteiger partial charge in [-0.15, -0.1) is 0 Å². The Morgan fingerprint density at radius 3 is 2.45 bits per heavy atom. The fourth-order valence-electron chi connectivity index (χ4n) is 2.01. The van der Waals surface area contributed by atoms with E-state index in [-0.39, 0.29) is 5.56 Å². The van der Waals surface area contributed by atoms with Crippen molar-refractivity contribution in [2.45, 2.75) is 25.0 Å². The summed E-state index contributed by atoms with van der Waals surface area (Å²) in [4.78, 5) is 0. The maximum absolute atomic E-state index is 13.8. The molecule has 104 valence electrons. The quantitative estimate of drug-likeness (QED) is 0.906. The highest BCUT2D eigenvalue weighted by molar-refractivity contribution is 9.10. The van der Waals surface area contributed by atoms with Crippen molar-refractivity contribution in [2.75, 3.05) is 0 Å². The van der Waals surface area contributed by atoms with E-state index in [4.69, 9.17) is 4.74 Å². The number of hydrogen-bond donors (Lipinski definition) is 1. The molecule has 2 aromatic rings. The summed E-state index contributed by atoms with van der Waals surface area (Å²) >= 11 is 3.20. The van der Waals surface area contributed by atoms with Crippen molar-refractivity contribution in [3.63, 3.8) is 0 Å². The largest absolute Gasteiger partial charge is 0.490 e. The van der Waals surface area contributed by atoms with Crippen LogP contribution in [0, 0.1) is 5.82 Å². The average molecular weight is 337 g/mol. The first-order valence-corrected chi connectivity index (χ1v) is 7.32. The predicted molar refractivity (Wildman–Crippen MR) is 78.3 cm³/mol. The molecule has 0 aromatic heterocycles. The van der Waals surface area contributed by atoms with E-state index in [0.29, 0.717) is 16.1 Å². The second kappa shape index (κ2) is 5.54. The van der Waals surface area contributed by atoms with Crippen LogP contribution in [0.3, 0.4) is 0 Å². The molecular formula is C16H14BrFO2. The van der Waals surface area contributed by atoms with E-state index < -0.39 is 11.9 Å². The summed E-state index contributed by atoms with van der Waals surface area (Å²) in [5.74, 6) is 0.366. The van der Waals surface area contributed by atoms with Gasteiger partial charge in [0, 0.05) is 10.0 Å². The van der Waals surface area contributed by atoms with Crippen LogP contribution in [0.2, 0.25) is 0 Å². The van der Waals surface area contributed by atoms with Crippen LogP contribution in [0.1, 0.15) is 30.1 Å². The van der Waals surface area contributed by atoms with Gasteiger partial charge in [-0.25, -0.2) is 4.39 Å². The topological polar surface area (TPSA) is 29.5 Å². The number of ether oxygens (including phenoxy) is 1. The third-order valence-corrected chi connectivity index (χ3v) is 3.77. The molecule has 2 nitrogen and oxygen atoms in total. The Morgan fingerprint density at radius 1 is 1.15 bits per heavy atom. The molecule has 1 saturated carbocycles. The predicted octanol–water partition coefficient (Wildman–Crippen LogP) is 4.21. The molecule has 1 unspecified atom stereocenters. The van der Waals surface area contributed by atoms with E-state index in [2.05, 4.69) is 15.9 Å². The third-order valence-electron chi connectivity index (χ3n) is 3.28. The van der Waals surface area contributed by atoms with Crippen molar-refractivity contribution in [2.24, 2.45) is 0 Å². The Kier molecular flexibility index (Phi) is 3.76. The Balaban J connectivity index is 1.80. The first-order chi connectivity index (χ1) is 9.63. The lowest BCUT2D eigenvalue weighted by molar-refractivity contribution is 0.214. The number of rotatable bonds is 4. The van der Waals surface area contributed by atoms with Crippen LogP contribution in [-0.4, -0.2) is 11.2 Å². The average Bonchev–Trinajstić information content (AvgIpc) is 3.23. The second-order valence-corrected chi connectivity index (χ2v) is 5.87. The van der Waals surface area contributed by atoms with E-state index in [1.165, 1.54) is 6.07 Å². The first kappa shape index (κ1) is 13.6. The fourth-order valence-corrected chi connectivity index (χ4v) is 2.34. The van der Waals surface area contributed by atoms with Crippen molar-refractivity contribution in [1.29, 1.82) is 0 Å². The molecule has 1 fully saturated rings. The van der Waals surface area contributed by atoms with Gasteiger partial charge in [-0.05, 0) is 42.7 Å². The lowest BCUT2D eigenvalue weighted by Crippen LogP contribution is -2.03. The summed E-state index contributed by atoms with van der Waals surface area (Å²) in [6.45, 7) is 0. The molecule has 1 N–H and O–H groups in total. The summed E-state index contributed by atoms with van der Waals surface area (Å²) in [6.07, 6.45) is 1.58. The molecule has 20 heavy (non-hydrogen) atoms. The maximum atomic E-state index is 13.8. The number of halogens is 2. The molecule has 0 bridgehead atoms. The van der Waals surface area contributed by atoms with Gasteiger partial charge in [-0.3, -0.25) is 0 Å². The molecule has 1 atom stereocenters. The van der Waals surface area contributed by atoms with E-state index in [9.17, 15) is 9.50 Å². The fraction of sp³-hybridized carbons (Fsp3) is 0.250. The van der Waals surface area contributed by atoms with Gasteiger partial charge in [0.2, 0.25) is 0 Å². The Morgan fingerprint density at radius 2 is 1.85 bits per heavy atom. The van der Waals surface area contributed by atoms with Gasteiger partial charge in [-0.2, -0.15) is 0 Å². The number of hydrogen-bond acceptors (Lipinski definition) is 2. The molecule has 4 heteroatoms. The van der Waals surface area contributed by atoms with Gasteiger partial charge in [0.05, 0.1) is 6.10 Å². The highest BCUT2D eigenvalue weighted by Gasteiger charge is 2.23. The normalized spacial score (nSPS) is 15.9. The summed E-state index contributed by atoms with van der Waals surface area (Å²) < 4.78 is 20.1. The van der Waals surface area contributed by atoms with Crippen LogP contribution in [0.5, 0.6) is 5.75 Å². The van der Waals surface area contributed by atoms with Crippen molar-refractivity contribution in [3.05, 3.63) is 63.9 Å². The van der Waals surface area contributed by atoms with Crippen LogP contribution in [-0.2, 0) is 0 Å². The van der Waals surface area contributed by atoms with Gasteiger partial charge in [0.25, 0.3) is 0 Å². The molecule has 0 saturated heterocycles. The van der Waals surface area contributed by atoms with Crippen LogP contribution in [0.15, 0.2) is 46.9 Å². The molecule has 1 aliphatic carbocycles. The summed E-state index contributed by atoms with van der Waals surface area (Å²) in [6, 6.07) is 11.8. The van der Waals surface area contributed by atoms with E-state index in [1.54, 1.807) is 24.3 Å². The van der Waals surface area contributed by atoms with Gasteiger partial charge < -0.3 is 9.84 Å². The van der Waals surface area contributed by atoms with Gasteiger partial charge in [0.15, 0.2) is 0 Å². The summed E-state index contributed by atoms with van der Waals surface area (Å²) in [7, 11) is 0. The lowest BCUT2D eigenvalue weighted by Gasteiger charge is -2.13. The minimum atomic E-state index is -0.974. The zero-order chi connectivity index (χ0) is 14.1. The number of benzene rings is 2. The standard InChI is InChI=1S/C16H14BrFO2/c17-11-3-8-14(15(18)9-11)16(19)10-1-4-12(5-2-10)20-13-6-7-13/h1-5,8-9,13,16,19H,6-7H2. The number of aliphatic hydroxyl groups is 1. The van der Waals surface area contributed by atoms with Crippen LogP contribution >= 0.6 is 15.9 Å². The van der Waals surface area contributed by atoms with Crippen LogP contribution in [0.25, 0.3) is 0 Å². The highest BCUT2D eigenvalue weighted by atomic mass is 79.9. The van der Waals surface area contributed by atoms with Crippen molar-refractivity contribution in [3.8, 4) is 5.75 Å². The first-order valence-electron chi connectivity index (χ1n) is 6.53. The maximum Gasteiger partial charge on any atom is 0.130 e. The van der Waals surface area contributed by atoms with Crippen molar-refractivity contribution in [1.82, 2.24) is 0 Å². The van der Waals surface area contributed by atoms with Gasteiger partial charge in [0.1, 0.15) is 17.7 Å². The van der Waals surface area contributed by atoms with Crippen LogP contribution < -0.4 is 4.74 Å². The Labute approximate surface area is 125 Å². The van der Waals surface area contributed by atoms with Gasteiger partial charge in [-0.1, -0.05) is 34.1 Å². The molecule has 0 aliphatic heterocycles. The third kappa shape index (κ3) is 3.02. The monoisotopic (exact) mass is 336 g/mol. The molecule has 3 rings (SSSR count). The molecule has 0 spiro atoms. The van der Waals surface area contributed by atoms with E-state index in [0.717, 1.165) is 18.6 Å². The lowest BCUT2D eigenvalue weighted by atomic mass is 10.0. The smallest absolute Gasteiger partial charge is 0.130 e. The molecule has 0 amide bonds. The molecule has 1 aliphatic rings. The van der Waals surface area contributed by atoms with Gasteiger partial charge >= 0.3 is 0 Å².